The summed E-state index contributed by atoms with van der Waals surface area (Å²) in [6, 6.07) is 11.6. The van der Waals surface area contributed by atoms with E-state index in [1.807, 2.05) is 25.1 Å². The molecule has 0 spiro atoms. The third-order valence-corrected chi connectivity index (χ3v) is 5.05. The predicted molar refractivity (Wildman–Crippen MR) is 112 cm³/mol. The number of thioether (sulfide) groups is 1. The molecule has 0 fully saturated rings. The number of hydrogen-bond acceptors (Lipinski definition) is 4. The Labute approximate surface area is 172 Å². The third kappa shape index (κ3) is 6.90. The Hall–Kier alpha value is -2.51. The Balaban J connectivity index is 1.91. The van der Waals surface area contributed by atoms with Crippen LogP contribution in [-0.2, 0) is 9.59 Å². The lowest BCUT2D eigenvalue weighted by molar-refractivity contribution is -0.116. The summed E-state index contributed by atoms with van der Waals surface area (Å²) in [5.41, 5.74) is 0.985. The van der Waals surface area contributed by atoms with Crippen LogP contribution >= 0.6 is 23.4 Å². The number of benzene rings is 2. The number of aromatic carboxylic acids is 1. The molecule has 6 nitrogen and oxygen atoms in total. The fourth-order valence-electron chi connectivity index (χ4n) is 2.34. The molecule has 0 radical (unpaired) electrons. The summed E-state index contributed by atoms with van der Waals surface area (Å²) in [6.45, 7) is 2.03. The van der Waals surface area contributed by atoms with Crippen molar-refractivity contribution < 1.29 is 19.5 Å². The molecule has 148 valence electrons. The maximum absolute atomic E-state index is 12.2. The predicted octanol–water partition coefficient (Wildman–Crippen LogP) is 4.90. The lowest BCUT2D eigenvalue weighted by Crippen LogP contribution is -2.14. The standard InChI is InChI=1S/C20H21ClN2O4S/c1-2-3-7-18(24)22-13-5-4-6-15(10-13)28-12-19(25)23-14-8-9-17(21)16(11-14)20(26)27/h4-6,8-11H,2-3,7,12H2,1H3,(H,22,24)(H,23,25)(H,26,27). The molecule has 2 rings (SSSR count). The van der Waals surface area contributed by atoms with E-state index in [1.165, 1.54) is 23.9 Å². The second-order valence-electron chi connectivity index (χ2n) is 6.02. The quantitative estimate of drug-likeness (QED) is 0.501. The van der Waals surface area contributed by atoms with Crippen molar-refractivity contribution in [2.45, 2.75) is 31.1 Å². The summed E-state index contributed by atoms with van der Waals surface area (Å²) in [4.78, 5) is 35.9. The highest BCUT2D eigenvalue weighted by molar-refractivity contribution is 8.00. The number of rotatable bonds is 9. The first-order chi connectivity index (χ1) is 13.4. The summed E-state index contributed by atoms with van der Waals surface area (Å²) in [7, 11) is 0. The summed E-state index contributed by atoms with van der Waals surface area (Å²) in [6.07, 6.45) is 2.28. The first-order valence-corrected chi connectivity index (χ1v) is 10.1. The molecule has 2 aromatic rings. The zero-order valence-electron chi connectivity index (χ0n) is 15.3. The molecule has 28 heavy (non-hydrogen) atoms. The highest BCUT2D eigenvalue weighted by atomic mass is 35.5. The smallest absolute Gasteiger partial charge is 0.337 e. The fourth-order valence-corrected chi connectivity index (χ4v) is 3.29. The Morgan fingerprint density at radius 1 is 1.04 bits per heavy atom. The maximum Gasteiger partial charge on any atom is 0.337 e. The number of anilines is 2. The molecule has 8 heteroatoms. The molecule has 2 aromatic carbocycles. The zero-order valence-corrected chi connectivity index (χ0v) is 16.9. The van der Waals surface area contributed by atoms with E-state index in [4.69, 9.17) is 16.7 Å². The van der Waals surface area contributed by atoms with E-state index in [-0.39, 0.29) is 28.2 Å². The van der Waals surface area contributed by atoms with E-state index in [2.05, 4.69) is 10.6 Å². The molecular weight excluding hydrogens is 400 g/mol. The van der Waals surface area contributed by atoms with E-state index in [0.717, 1.165) is 17.7 Å². The van der Waals surface area contributed by atoms with E-state index < -0.39 is 5.97 Å². The first-order valence-electron chi connectivity index (χ1n) is 8.74. The normalized spacial score (nSPS) is 10.4. The molecule has 3 N–H and O–H groups in total. The number of hydrogen-bond donors (Lipinski definition) is 3. The van der Waals surface area contributed by atoms with Gasteiger partial charge in [-0.1, -0.05) is 31.0 Å². The molecule has 0 saturated heterocycles. The van der Waals surface area contributed by atoms with E-state index in [9.17, 15) is 14.4 Å². The van der Waals surface area contributed by atoms with E-state index >= 15 is 0 Å². The van der Waals surface area contributed by atoms with Crippen molar-refractivity contribution in [3.63, 3.8) is 0 Å². The molecule has 0 saturated carbocycles. The van der Waals surface area contributed by atoms with Crippen molar-refractivity contribution in [3.8, 4) is 0 Å². The number of unbranched alkanes of at least 4 members (excludes halogenated alkanes) is 1. The number of halogens is 1. The Kier molecular flexibility index (Phi) is 8.35. The first kappa shape index (κ1) is 21.8. The van der Waals surface area contributed by atoms with Gasteiger partial charge in [-0.25, -0.2) is 4.79 Å². The minimum absolute atomic E-state index is 0.0290. The molecule has 0 bridgehead atoms. The minimum atomic E-state index is -1.16. The highest BCUT2D eigenvalue weighted by Crippen LogP contribution is 2.23. The third-order valence-electron chi connectivity index (χ3n) is 3.73. The second kappa shape index (κ2) is 10.7. The number of carbonyl (C=O) groups excluding carboxylic acids is 2. The van der Waals surface area contributed by atoms with Gasteiger partial charge < -0.3 is 15.7 Å². The second-order valence-corrected chi connectivity index (χ2v) is 7.47. The van der Waals surface area contributed by atoms with Crippen LogP contribution in [0.25, 0.3) is 0 Å². The Bertz CT molecular complexity index is 873. The van der Waals surface area contributed by atoms with Crippen LogP contribution in [0.1, 0.15) is 36.5 Å². The van der Waals surface area contributed by atoms with Crippen molar-refractivity contribution in [3.05, 3.63) is 53.1 Å². The van der Waals surface area contributed by atoms with Gasteiger partial charge in [-0.15, -0.1) is 11.8 Å². The van der Waals surface area contributed by atoms with Crippen LogP contribution in [0.4, 0.5) is 11.4 Å². The molecule has 0 unspecified atom stereocenters. The van der Waals surface area contributed by atoms with Crippen molar-refractivity contribution >= 4 is 52.5 Å². The van der Waals surface area contributed by atoms with Gasteiger partial charge >= 0.3 is 5.97 Å². The van der Waals surface area contributed by atoms with E-state index in [0.29, 0.717) is 17.8 Å². The van der Waals surface area contributed by atoms with Crippen LogP contribution in [0.15, 0.2) is 47.4 Å². The molecule has 0 aliphatic carbocycles. The molecule has 0 atom stereocenters. The number of carboxylic acid groups (broad SMARTS) is 1. The van der Waals surface area contributed by atoms with Crippen LogP contribution in [0.3, 0.4) is 0 Å². The van der Waals surface area contributed by atoms with Crippen molar-refractivity contribution in [2.24, 2.45) is 0 Å². The maximum atomic E-state index is 12.2. The minimum Gasteiger partial charge on any atom is -0.478 e. The summed E-state index contributed by atoms with van der Waals surface area (Å²) in [5.74, 6) is -1.33. The van der Waals surface area contributed by atoms with Crippen LogP contribution in [0, 0.1) is 0 Å². The monoisotopic (exact) mass is 420 g/mol. The van der Waals surface area contributed by atoms with Gasteiger partial charge in [0.1, 0.15) is 0 Å². The van der Waals surface area contributed by atoms with Crippen molar-refractivity contribution in [1.29, 1.82) is 0 Å². The van der Waals surface area contributed by atoms with Crippen molar-refractivity contribution in [2.75, 3.05) is 16.4 Å². The van der Waals surface area contributed by atoms with Crippen LogP contribution in [-0.4, -0.2) is 28.6 Å². The lowest BCUT2D eigenvalue weighted by Gasteiger charge is -2.09. The van der Waals surface area contributed by atoms with E-state index in [1.54, 1.807) is 12.1 Å². The summed E-state index contributed by atoms with van der Waals surface area (Å²) < 4.78 is 0. The van der Waals surface area contributed by atoms with Gasteiger partial charge in [0.25, 0.3) is 0 Å². The summed E-state index contributed by atoms with van der Waals surface area (Å²) >= 11 is 7.13. The van der Waals surface area contributed by atoms with Gasteiger partial charge in [0.2, 0.25) is 11.8 Å². The van der Waals surface area contributed by atoms with Crippen LogP contribution in [0.5, 0.6) is 0 Å². The highest BCUT2D eigenvalue weighted by Gasteiger charge is 2.11. The zero-order chi connectivity index (χ0) is 20.5. The van der Waals surface area contributed by atoms with Crippen LogP contribution in [0.2, 0.25) is 5.02 Å². The van der Waals surface area contributed by atoms with Gasteiger partial charge in [-0.3, -0.25) is 9.59 Å². The Morgan fingerprint density at radius 2 is 1.75 bits per heavy atom. The van der Waals surface area contributed by atoms with Gasteiger partial charge in [-0.2, -0.15) is 0 Å². The van der Waals surface area contributed by atoms with Gasteiger partial charge in [-0.05, 0) is 42.8 Å². The number of carboxylic acids is 1. The molecule has 0 aliphatic rings. The molecule has 0 aromatic heterocycles. The topological polar surface area (TPSA) is 95.5 Å². The van der Waals surface area contributed by atoms with Gasteiger partial charge in [0.15, 0.2) is 0 Å². The largest absolute Gasteiger partial charge is 0.478 e. The van der Waals surface area contributed by atoms with Gasteiger partial charge in [0, 0.05) is 22.7 Å². The SMILES string of the molecule is CCCCC(=O)Nc1cccc(SCC(=O)Nc2ccc(Cl)c(C(=O)O)c2)c1. The number of nitrogens with one attached hydrogen (secondary N) is 2. The molecular formula is C20H21ClN2O4S. The summed E-state index contributed by atoms with van der Waals surface area (Å²) in [5, 5.41) is 14.7. The average molecular weight is 421 g/mol. The lowest BCUT2D eigenvalue weighted by atomic mass is 10.2. The van der Waals surface area contributed by atoms with Crippen molar-refractivity contribution in [1.82, 2.24) is 0 Å². The molecule has 0 aliphatic heterocycles. The van der Waals surface area contributed by atoms with Gasteiger partial charge in [0.05, 0.1) is 16.3 Å². The number of carbonyl (C=O) groups is 3. The van der Waals surface area contributed by atoms with Crippen LogP contribution < -0.4 is 10.6 Å². The average Bonchev–Trinajstić information content (AvgIpc) is 2.66. The molecule has 2 amide bonds. The molecule has 0 heterocycles. The fraction of sp³-hybridized carbons (Fsp3) is 0.250. The number of amides is 2. The Morgan fingerprint density at radius 3 is 2.46 bits per heavy atom.